The molecule has 5 nitrogen and oxygen atoms in total. The van der Waals surface area contributed by atoms with Crippen LogP contribution in [0.4, 0.5) is 0 Å². The summed E-state index contributed by atoms with van der Waals surface area (Å²) in [5.41, 5.74) is 5.84. The normalized spacial score (nSPS) is 9.42. The van der Waals surface area contributed by atoms with E-state index in [-0.39, 0.29) is 11.8 Å². The van der Waals surface area contributed by atoms with Gasteiger partial charge in [-0.25, -0.2) is 0 Å². The maximum atomic E-state index is 11.8. The lowest BCUT2D eigenvalue weighted by atomic mass is 10.3. The average Bonchev–Trinajstić information content (AvgIpc) is 2.84. The van der Waals surface area contributed by atoms with Crippen molar-refractivity contribution in [3.63, 3.8) is 0 Å². The molecule has 102 valence electrons. The van der Waals surface area contributed by atoms with Gasteiger partial charge in [-0.05, 0) is 6.07 Å². The zero-order valence-corrected chi connectivity index (χ0v) is 11.8. The van der Waals surface area contributed by atoms with Crippen LogP contribution in [0.25, 0.3) is 0 Å². The highest BCUT2D eigenvalue weighted by Gasteiger charge is 2.09. The van der Waals surface area contributed by atoms with Gasteiger partial charge >= 0.3 is 0 Å². The minimum atomic E-state index is -0.191. The number of nitrogens with two attached hydrogens (primary N) is 1. The maximum Gasteiger partial charge on any atom is 0.252 e. The molecule has 6 heteroatoms. The second-order valence-corrected chi connectivity index (χ2v) is 4.91. The second-order valence-electron chi connectivity index (χ2n) is 4.00. The molecular weight excluding hydrogens is 262 g/mol. The van der Waals surface area contributed by atoms with Gasteiger partial charge in [0.1, 0.15) is 0 Å². The summed E-state index contributed by atoms with van der Waals surface area (Å²) in [6, 6.07) is 1.72. The Balaban J connectivity index is 2.46. The van der Waals surface area contributed by atoms with Crippen LogP contribution in [0.1, 0.15) is 21.7 Å². The highest BCUT2D eigenvalue weighted by atomic mass is 32.1. The molecule has 0 aliphatic rings. The largest absolute Gasteiger partial charge is 0.351 e. The maximum absolute atomic E-state index is 11.8. The Morgan fingerprint density at radius 1 is 1.47 bits per heavy atom. The van der Waals surface area contributed by atoms with Gasteiger partial charge in [0.05, 0.1) is 17.0 Å². The van der Waals surface area contributed by atoms with Crippen LogP contribution >= 0.6 is 11.3 Å². The Bertz CT molecular complexity index is 511. The molecular formula is C13H17N3O2S. The van der Waals surface area contributed by atoms with Gasteiger partial charge in [0.15, 0.2) is 0 Å². The number of nitrogens with one attached hydrogen (secondary N) is 1. The van der Waals surface area contributed by atoms with E-state index in [2.05, 4.69) is 17.2 Å². The standard InChI is InChI=1S/C13H17N3O2S/c1-16(2)12(17)5-7-15-13(18)10-8-11(19-9-10)4-3-6-14/h8-9H,5-7,14H2,1-2H3,(H,15,18). The zero-order chi connectivity index (χ0) is 14.3. The van der Waals surface area contributed by atoms with Crippen molar-refractivity contribution in [2.45, 2.75) is 6.42 Å². The number of carbonyl (C=O) groups is 2. The molecule has 0 fully saturated rings. The van der Waals surface area contributed by atoms with Crippen molar-refractivity contribution in [3.8, 4) is 11.8 Å². The van der Waals surface area contributed by atoms with Crippen molar-refractivity contribution in [2.75, 3.05) is 27.2 Å². The van der Waals surface area contributed by atoms with E-state index in [0.29, 0.717) is 25.1 Å². The summed E-state index contributed by atoms with van der Waals surface area (Å²) in [6.45, 7) is 0.627. The quantitative estimate of drug-likeness (QED) is 0.777. The molecule has 19 heavy (non-hydrogen) atoms. The van der Waals surface area contributed by atoms with Crippen LogP contribution in [0.5, 0.6) is 0 Å². The number of carbonyl (C=O) groups excluding carboxylic acids is 2. The minimum absolute atomic E-state index is 0.0138. The zero-order valence-electron chi connectivity index (χ0n) is 11.0. The fourth-order valence-electron chi connectivity index (χ4n) is 1.27. The SMILES string of the molecule is CN(C)C(=O)CCNC(=O)c1csc(C#CCN)c1. The first kappa shape index (κ1) is 15.2. The van der Waals surface area contributed by atoms with Crippen LogP contribution in [-0.2, 0) is 4.79 Å². The van der Waals surface area contributed by atoms with E-state index in [1.165, 1.54) is 16.2 Å². The molecule has 0 radical (unpaired) electrons. The van der Waals surface area contributed by atoms with Crippen molar-refractivity contribution < 1.29 is 9.59 Å². The van der Waals surface area contributed by atoms with E-state index in [0.717, 1.165) is 4.88 Å². The van der Waals surface area contributed by atoms with E-state index >= 15 is 0 Å². The summed E-state index contributed by atoms with van der Waals surface area (Å²) >= 11 is 1.40. The third-order valence-corrected chi connectivity index (χ3v) is 3.14. The number of amides is 2. The van der Waals surface area contributed by atoms with Crippen molar-refractivity contribution in [2.24, 2.45) is 5.73 Å². The van der Waals surface area contributed by atoms with Gasteiger partial charge in [-0.15, -0.1) is 11.3 Å². The van der Waals surface area contributed by atoms with Gasteiger partial charge in [-0.1, -0.05) is 11.8 Å². The lowest BCUT2D eigenvalue weighted by molar-refractivity contribution is -0.128. The third-order valence-electron chi connectivity index (χ3n) is 2.30. The molecule has 2 amide bonds. The summed E-state index contributed by atoms with van der Waals surface area (Å²) < 4.78 is 0. The molecule has 0 aliphatic carbocycles. The first-order valence-corrected chi connectivity index (χ1v) is 6.68. The second kappa shape index (κ2) is 7.56. The first-order valence-electron chi connectivity index (χ1n) is 5.80. The van der Waals surface area contributed by atoms with Crippen LogP contribution < -0.4 is 11.1 Å². The minimum Gasteiger partial charge on any atom is -0.351 e. The molecule has 0 saturated carbocycles. The Labute approximate surface area is 116 Å². The third kappa shape index (κ3) is 5.12. The Morgan fingerprint density at radius 3 is 2.84 bits per heavy atom. The molecule has 0 saturated heterocycles. The molecule has 1 heterocycles. The van der Waals surface area contributed by atoms with E-state index in [4.69, 9.17) is 5.73 Å². The summed E-state index contributed by atoms with van der Waals surface area (Å²) in [5, 5.41) is 4.44. The van der Waals surface area contributed by atoms with Crippen molar-refractivity contribution >= 4 is 23.2 Å². The van der Waals surface area contributed by atoms with Gasteiger partial charge in [-0.3, -0.25) is 9.59 Å². The number of hydrogen-bond donors (Lipinski definition) is 2. The van der Waals surface area contributed by atoms with Gasteiger partial charge < -0.3 is 16.0 Å². The smallest absolute Gasteiger partial charge is 0.252 e. The molecule has 1 rings (SSSR count). The summed E-state index contributed by atoms with van der Waals surface area (Å²) in [6.07, 6.45) is 0.294. The fourth-order valence-corrected chi connectivity index (χ4v) is 2.02. The van der Waals surface area contributed by atoms with Crippen LogP contribution in [-0.4, -0.2) is 43.9 Å². The fraction of sp³-hybridized carbons (Fsp3) is 0.385. The Hall–Kier alpha value is -1.84. The van der Waals surface area contributed by atoms with Gasteiger partial charge in [0, 0.05) is 32.4 Å². The summed E-state index contributed by atoms with van der Waals surface area (Å²) in [5.74, 6) is 5.40. The topological polar surface area (TPSA) is 75.4 Å². The molecule has 3 N–H and O–H groups in total. The van der Waals surface area contributed by atoms with Crippen LogP contribution in [0.15, 0.2) is 11.4 Å². The summed E-state index contributed by atoms with van der Waals surface area (Å²) in [7, 11) is 3.37. The monoisotopic (exact) mass is 279 g/mol. The number of hydrogen-bond acceptors (Lipinski definition) is 4. The van der Waals surface area contributed by atoms with E-state index in [1.807, 2.05) is 0 Å². The molecule has 1 aromatic rings. The first-order chi connectivity index (χ1) is 9.04. The van der Waals surface area contributed by atoms with Crippen LogP contribution in [0.2, 0.25) is 0 Å². The summed E-state index contributed by atoms with van der Waals surface area (Å²) in [4.78, 5) is 25.4. The molecule has 0 bridgehead atoms. The van der Waals surface area contributed by atoms with Crippen molar-refractivity contribution in [1.29, 1.82) is 0 Å². The molecule has 0 unspecified atom stereocenters. The predicted octanol–water partition coefficient (Wildman–Crippen LogP) is 0.266. The van der Waals surface area contributed by atoms with Crippen LogP contribution in [0.3, 0.4) is 0 Å². The Kier molecular flexibility index (Phi) is 6.06. The lowest BCUT2D eigenvalue weighted by Gasteiger charge is -2.10. The predicted molar refractivity (Wildman–Crippen MR) is 75.9 cm³/mol. The van der Waals surface area contributed by atoms with Crippen molar-refractivity contribution in [3.05, 3.63) is 21.9 Å². The molecule has 0 aromatic carbocycles. The molecule has 0 atom stereocenters. The van der Waals surface area contributed by atoms with E-state index in [1.54, 1.807) is 25.5 Å². The number of nitrogens with zero attached hydrogens (tertiary/aromatic N) is 1. The Morgan fingerprint density at radius 2 is 2.21 bits per heavy atom. The molecule has 0 spiro atoms. The van der Waals surface area contributed by atoms with Gasteiger partial charge in [0.25, 0.3) is 5.91 Å². The van der Waals surface area contributed by atoms with E-state index in [9.17, 15) is 9.59 Å². The highest BCUT2D eigenvalue weighted by molar-refractivity contribution is 7.10. The van der Waals surface area contributed by atoms with Gasteiger partial charge in [-0.2, -0.15) is 0 Å². The number of thiophene rings is 1. The molecule has 1 aromatic heterocycles. The van der Waals surface area contributed by atoms with Crippen molar-refractivity contribution in [1.82, 2.24) is 10.2 Å². The lowest BCUT2D eigenvalue weighted by Crippen LogP contribution is -2.29. The van der Waals surface area contributed by atoms with Gasteiger partial charge in [0.2, 0.25) is 5.91 Å². The molecule has 0 aliphatic heterocycles. The highest BCUT2D eigenvalue weighted by Crippen LogP contribution is 2.13. The van der Waals surface area contributed by atoms with Crippen LogP contribution in [0, 0.1) is 11.8 Å². The average molecular weight is 279 g/mol. The number of rotatable bonds is 4. The van der Waals surface area contributed by atoms with E-state index < -0.39 is 0 Å².